The molecule has 7 heteroatoms. The molecule has 0 amide bonds. The van der Waals surface area contributed by atoms with E-state index in [0.717, 1.165) is 95.4 Å². The Morgan fingerprint density at radius 2 is 1.87 bits per heavy atom. The van der Waals surface area contributed by atoms with Gasteiger partial charge in [-0.3, -0.25) is 4.90 Å². The third-order valence-corrected chi connectivity index (χ3v) is 11.6. The molecule has 0 aromatic carbocycles. The van der Waals surface area contributed by atoms with Crippen LogP contribution >= 0.6 is 0 Å². The molecule has 6 unspecified atom stereocenters. The lowest BCUT2D eigenvalue weighted by Gasteiger charge is -2.61. The first kappa shape index (κ1) is 26.3. The molecular formula is C31H45N3O4. The average molecular weight is 524 g/mol. The first-order chi connectivity index (χ1) is 18.2. The van der Waals surface area contributed by atoms with E-state index in [1.807, 2.05) is 6.07 Å². The van der Waals surface area contributed by atoms with Crippen LogP contribution in [0.2, 0.25) is 0 Å². The fourth-order valence-electron chi connectivity index (χ4n) is 9.08. The minimum atomic E-state index is -0.675. The molecule has 5 aliphatic rings. The molecule has 1 aliphatic heterocycles. The average Bonchev–Trinajstić information content (AvgIpc) is 3.19. The lowest BCUT2D eigenvalue weighted by Crippen LogP contribution is -2.60. The van der Waals surface area contributed by atoms with Gasteiger partial charge in [0.1, 0.15) is 6.61 Å². The fourth-order valence-corrected chi connectivity index (χ4v) is 9.08. The van der Waals surface area contributed by atoms with E-state index in [-0.39, 0.29) is 22.4 Å². The summed E-state index contributed by atoms with van der Waals surface area (Å²) in [6.45, 7) is 10.8. The summed E-state index contributed by atoms with van der Waals surface area (Å²) < 4.78 is 5.23. The number of nitrogens with zero attached hydrogens (tertiary/aromatic N) is 3. The second-order valence-corrected chi connectivity index (χ2v) is 13.3. The van der Waals surface area contributed by atoms with Crippen LogP contribution in [-0.2, 0) is 4.84 Å². The minimum Gasteiger partial charge on any atom is -0.431 e. The van der Waals surface area contributed by atoms with Crippen molar-refractivity contribution in [3.63, 3.8) is 0 Å². The molecule has 0 spiro atoms. The van der Waals surface area contributed by atoms with E-state index in [2.05, 4.69) is 41.9 Å². The SMILES string of the molecule is CN1CCN(CCO/N=C2/C=C3CCC4C(CCC5(C)C(c6ccc(=O)oc6)CCC45O)C3(C)CC2)CC1. The Kier molecular flexibility index (Phi) is 6.84. The molecule has 1 aromatic heterocycles. The summed E-state index contributed by atoms with van der Waals surface area (Å²) in [5.74, 6) is 1.03. The third kappa shape index (κ3) is 4.29. The number of allylic oxidation sites excluding steroid dienone is 2. The first-order valence-electron chi connectivity index (χ1n) is 14.8. The van der Waals surface area contributed by atoms with Gasteiger partial charge in [-0.1, -0.05) is 24.6 Å². The number of piperazine rings is 1. The van der Waals surface area contributed by atoms with E-state index in [4.69, 9.17) is 9.25 Å². The third-order valence-electron chi connectivity index (χ3n) is 11.6. The molecule has 2 heterocycles. The van der Waals surface area contributed by atoms with Gasteiger partial charge < -0.3 is 19.3 Å². The van der Waals surface area contributed by atoms with Crippen molar-refractivity contribution in [1.82, 2.24) is 9.80 Å². The van der Waals surface area contributed by atoms with Crippen molar-refractivity contribution in [2.45, 2.75) is 76.7 Å². The van der Waals surface area contributed by atoms with Gasteiger partial charge >= 0.3 is 5.63 Å². The summed E-state index contributed by atoms with van der Waals surface area (Å²) in [6, 6.07) is 3.44. The predicted octanol–water partition coefficient (Wildman–Crippen LogP) is 4.42. The molecule has 1 aromatic rings. The van der Waals surface area contributed by atoms with E-state index in [9.17, 15) is 9.90 Å². The van der Waals surface area contributed by atoms with Crippen LogP contribution in [0, 0.1) is 22.7 Å². The Morgan fingerprint density at radius 1 is 1.05 bits per heavy atom. The smallest absolute Gasteiger partial charge is 0.335 e. The molecule has 208 valence electrons. The lowest BCUT2D eigenvalue weighted by molar-refractivity contribution is -0.176. The van der Waals surface area contributed by atoms with Crippen molar-refractivity contribution in [3.8, 4) is 0 Å². The van der Waals surface area contributed by atoms with Crippen LogP contribution in [-0.4, -0.2) is 72.6 Å². The number of fused-ring (bicyclic) bond motifs is 5. The minimum absolute atomic E-state index is 0.121. The van der Waals surface area contributed by atoms with Crippen molar-refractivity contribution >= 4 is 5.71 Å². The number of hydrogen-bond donors (Lipinski definition) is 1. The van der Waals surface area contributed by atoms with Gasteiger partial charge in [0.05, 0.1) is 17.6 Å². The Morgan fingerprint density at radius 3 is 2.63 bits per heavy atom. The van der Waals surface area contributed by atoms with Crippen LogP contribution in [0.1, 0.15) is 76.7 Å². The van der Waals surface area contributed by atoms with E-state index < -0.39 is 5.60 Å². The molecule has 0 radical (unpaired) electrons. The molecule has 6 atom stereocenters. The number of hydrogen-bond acceptors (Lipinski definition) is 7. The Balaban J connectivity index is 1.14. The van der Waals surface area contributed by atoms with Gasteiger partial charge in [0.25, 0.3) is 0 Å². The van der Waals surface area contributed by atoms with Crippen LogP contribution in [0.5, 0.6) is 0 Å². The van der Waals surface area contributed by atoms with Gasteiger partial charge in [0.2, 0.25) is 0 Å². The van der Waals surface area contributed by atoms with Crippen molar-refractivity contribution < 1.29 is 14.4 Å². The van der Waals surface area contributed by atoms with Crippen molar-refractivity contribution in [3.05, 3.63) is 46.0 Å². The number of likely N-dealkylation sites (N-methyl/N-ethyl adjacent to an activating group) is 1. The highest BCUT2D eigenvalue weighted by atomic mass is 16.6. The van der Waals surface area contributed by atoms with Crippen LogP contribution < -0.4 is 5.63 Å². The zero-order chi connectivity index (χ0) is 26.5. The maximum Gasteiger partial charge on any atom is 0.335 e. The second kappa shape index (κ2) is 9.90. The Labute approximate surface area is 226 Å². The Bertz CT molecular complexity index is 1130. The number of oxime groups is 1. The number of aliphatic hydroxyl groups is 1. The highest BCUT2D eigenvalue weighted by Gasteiger charge is 2.66. The summed E-state index contributed by atoms with van der Waals surface area (Å²) >= 11 is 0. The van der Waals surface area contributed by atoms with Crippen molar-refractivity contribution in [1.29, 1.82) is 0 Å². The molecular weight excluding hydrogens is 478 g/mol. The predicted molar refractivity (Wildman–Crippen MR) is 148 cm³/mol. The van der Waals surface area contributed by atoms with Crippen LogP contribution in [0.15, 0.2) is 44.4 Å². The van der Waals surface area contributed by atoms with E-state index in [0.29, 0.717) is 18.4 Å². The molecule has 6 rings (SSSR count). The standard InChI is InChI=1S/C31H45N3O4/c1-29-11-8-24(32-38-19-18-34-16-14-33(3)15-17-34)20-23(29)5-6-27-26(29)9-12-30(2)25(10-13-31(27,30)36)22-4-7-28(35)37-21-22/h4,7,20-21,25-27,36H,5-6,8-19H2,1-3H3/b32-24+. The molecule has 3 saturated carbocycles. The lowest BCUT2D eigenvalue weighted by atomic mass is 9.45. The van der Waals surface area contributed by atoms with E-state index >= 15 is 0 Å². The summed E-state index contributed by atoms with van der Waals surface area (Å²) in [7, 11) is 2.18. The normalized spacial score (nSPS) is 40.8. The van der Waals surface area contributed by atoms with E-state index in [1.54, 1.807) is 6.26 Å². The highest BCUT2D eigenvalue weighted by molar-refractivity contribution is 5.96. The van der Waals surface area contributed by atoms with Gasteiger partial charge in [-0.25, -0.2) is 4.79 Å². The van der Waals surface area contributed by atoms with Crippen LogP contribution in [0.4, 0.5) is 0 Å². The maximum atomic E-state index is 12.4. The largest absolute Gasteiger partial charge is 0.431 e. The summed E-state index contributed by atoms with van der Waals surface area (Å²) in [5, 5.41) is 17.0. The summed E-state index contributed by atoms with van der Waals surface area (Å²) in [5.41, 5.74) is 2.61. The van der Waals surface area contributed by atoms with E-state index in [1.165, 1.54) is 11.6 Å². The highest BCUT2D eigenvalue weighted by Crippen LogP contribution is 2.69. The monoisotopic (exact) mass is 523 g/mol. The number of rotatable bonds is 5. The summed E-state index contributed by atoms with van der Waals surface area (Å²) in [4.78, 5) is 22.2. The van der Waals surface area contributed by atoms with Gasteiger partial charge in [0.15, 0.2) is 0 Å². The molecule has 4 aliphatic carbocycles. The molecule has 1 saturated heterocycles. The van der Waals surface area contributed by atoms with Gasteiger partial charge in [0, 0.05) is 44.2 Å². The topological polar surface area (TPSA) is 78.5 Å². The van der Waals surface area contributed by atoms with Crippen LogP contribution in [0.25, 0.3) is 0 Å². The second-order valence-electron chi connectivity index (χ2n) is 13.3. The van der Waals surface area contributed by atoms with Gasteiger partial charge in [-0.05, 0) is 99.3 Å². The van der Waals surface area contributed by atoms with Crippen molar-refractivity contribution in [2.24, 2.45) is 27.8 Å². The summed E-state index contributed by atoms with van der Waals surface area (Å²) in [6.07, 6.45) is 12.0. The molecule has 7 nitrogen and oxygen atoms in total. The molecule has 38 heavy (non-hydrogen) atoms. The quantitative estimate of drug-likeness (QED) is 0.455. The van der Waals surface area contributed by atoms with Gasteiger partial charge in [-0.15, -0.1) is 0 Å². The zero-order valence-electron chi connectivity index (χ0n) is 23.5. The fraction of sp³-hybridized carbons (Fsp3) is 0.742. The molecule has 4 fully saturated rings. The molecule has 0 bridgehead atoms. The maximum absolute atomic E-state index is 12.4. The van der Waals surface area contributed by atoms with Crippen molar-refractivity contribution in [2.75, 3.05) is 46.4 Å². The van der Waals surface area contributed by atoms with Crippen LogP contribution in [0.3, 0.4) is 0 Å². The first-order valence-corrected chi connectivity index (χ1v) is 14.8. The molecule has 1 N–H and O–H groups in total. The Hall–Kier alpha value is -1.96. The van der Waals surface area contributed by atoms with Gasteiger partial charge in [-0.2, -0.15) is 0 Å². The zero-order valence-corrected chi connectivity index (χ0v) is 23.5.